The summed E-state index contributed by atoms with van der Waals surface area (Å²) in [6.45, 7) is 3.86. The van der Waals surface area contributed by atoms with Crippen LogP contribution in [0.25, 0.3) is 0 Å². The zero-order valence-corrected chi connectivity index (χ0v) is 16.9. The Bertz CT molecular complexity index is 701. The number of carbonyl (C=O) groups is 2. The molecule has 0 amide bonds. The summed E-state index contributed by atoms with van der Waals surface area (Å²) in [5.74, 6) is 0.941. The third-order valence-corrected chi connectivity index (χ3v) is 4.65. The SMILES string of the molecule is Cc1ccccc1OC(=O)CCCCCCCCC(=O)Oc1ccccc1C. The van der Waals surface area contributed by atoms with Crippen molar-refractivity contribution in [1.82, 2.24) is 0 Å². The van der Waals surface area contributed by atoms with E-state index in [1.165, 1.54) is 0 Å². The van der Waals surface area contributed by atoms with Crippen molar-refractivity contribution in [3.63, 3.8) is 0 Å². The van der Waals surface area contributed by atoms with Crippen molar-refractivity contribution in [2.45, 2.75) is 65.2 Å². The third kappa shape index (κ3) is 7.95. The summed E-state index contributed by atoms with van der Waals surface area (Å²) in [5.41, 5.74) is 1.94. The molecule has 0 aliphatic carbocycles. The zero-order chi connectivity index (χ0) is 20.2. The summed E-state index contributed by atoms with van der Waals surface area (Å²) in [7, 11) is 0. The van der Waals surface area contributed by atoms with Crippen LogP contribution in [0.15, 0.2) is 48.5 Å². The van der Waals surface area contributed by atoms with E-state index in [0.717, 1.165) is 49.7 Å². The lowest BCUT2D eigenvalue weighted by Gasteiger charge is -2.07. The van der Waals surface area contributed by atoms with Gasteiger partial charge in [0.2, 0.25) is 0 Å². The Morgan fingerprint density at radius 1 is 0.607 bits per heavy atom. The fourth-order valence-electron chi connectivity index (χ4n) is 2.94. The summed E-state index contributed by atoms with van der Waals surface area (Å²) >= 11 is 0. The molecule has 0 aliphatic rings. The standard InChI is InChI=1S/C24H30O4/c1-19-13-9-11-15-21(19)27-23(25)17-7-5-3-4-6-8-18-24(26)28-22-16-12-10-14-20(22)2/h9-16H,3-8,17-18H2,1-2H3. The van der Waals surface area contributed by atoms with Crippen molar-refractivity contribution in [3.05, 3.63) is 59.7 Å². The first kappa shape index (κ1) is 21.7. The Balaban J connectivity index is 1.48. The van der Waals surface area contributed by atoms with Gasteiger partial charge in [0.05, 0.1) is 0 Å². The smallest absolute Gasteiger partial charge is 0.311 e. The number of ether oxygens (including phenoxy) is 2. The first-order chi connectivity index (χ1) is 13.6. The number of hydrogen-bond acceptors (Lipinski definition) is 4. The monoisotopic (exact) mass is 382 g/mol. The molecule has 0 saturated heterocycles. The van der Waals surface area contributed by atoms with Crippen LogP contribution in [-0.2, 0) is 9.59 Å². The molecule has 28 heavy (non-hydrogen) atoms. The Kier molecular flexibility index (Phi) is 9.26. The minimum atomic E-state index is -0.173. The van der Waals surface area contributed by atoms with Crippen LogP contribution in [0.2, 0.25) is 0 Å². The maximum Gasteiger partial charge on any atom is 0.311 e. The molecule has 0 spiro atoms. The first-order valence-corrected chi connectivity index (χ1v) is 10.1. The van der Waals surface area contributed by atoms with Crippen LogP contribution in [0.3, 0.4) is 0 Å². The number of hydrogen-bond donors (Lipinski definition) is 0. The highest BCUT2D eigenvalue weighted by Gasteiger charge is 2.08. The van der Waals surface area contributed by atoms with E-state index in [1.807, 2.05) is 62.4 Å². The minimum absolute atomic E-state index is 0.173. The molecular weight excluding hydrogens is 352 g/mol. The number of para-hydroxylation sites is 2. The van der Waals surface area contributed by atoms with E-state index in [-0.39, 0.29) is 11.9 Å². The van der Waals surface area contributed by atoms with Crippen LogP contribution in [0.5, 0.6) is 11.5 Å². The lowest BCUT2D eigenvalue weighted by molar-refractivity contribution is -0.135. The van der Waals surface area contributed by atoms with E-state index in [0.29, 0.717) is 24.3 Å². The summed E-state index contributed by atoms with van der Waals surface area (Å²) < 4.78 is 10.8. The second-order valence-electron chi connectivity index (χ2n) is 7.10. The van der Waals surface area contributed by atoms with E-state index in [9.17, 15) is 9.59 Å². The van der Waals surface area contributed by atoms with Crippen LogP contribution in [0.4, 0.5) is 0 Å². The van der Waals surface area contributed by atoms with Gasteiger partial charge in [-0.05, 0) is 49.9 Å². The second-order valence-corrected chi connectivity index (χ2v) is 7.10. The highest BCUT2D eigenvalue weighted by atomic mass is 16.5. The predicted molar refractivity (Wildman–Crippen MR) is 111 cm³/mol. The number of esters is 2. The first-order valence-electron chi connectivity index (χ1n) is 10.1. The van der Waals surface area contributed by atoms with Crippen LogP contribution in [-0.4, -0.2) is 11.9 Å². The molecule has 0 unspecified atom stereocenters. The molecule has 0 radical (unpaired) electrons. The van der Waals surface area contributed by atoms with E-state index < -0.39 is 0 Å². The Hall–Kier alpha value is -2.62. The van der Waals surface area contributed by atoms with Crippen LogP contribution in [0.1, 0.15) is 62.5 Å². The van der Waals surface area contributed by atoms with Crippen molar-refractivity contribution < 1.29 is 19.1 Å². The average molecular weight is 383 g/mol. The number of aryl methyl sites for hydroxylation is 2. The average Bonchev–Trinajstić information content (AvgIpc) is 2.67. The van der Waals surface area contributed by atoms with Gasteiger partial charge in [0.15, 0.2) is 0 Å². The number of benzene rings is 2. The van der Waals surface area contributed by atoms with Gasteiger partial charge in [-0.25, -0.2) is 0 Å². The van der Waals surface area contributed by atoms with Crippen LogP contribution < -0.4 is 9.47 Å². The molecule has 0 N–H and O–H groups in total. The van der Waals surface area contributed by atoms with Gasteiger partial charge in [0, 0.05) is 12.8 Å². The lowest BCUT2D eigenvalue weighted by atomic mass is 10.1. The topological polar surface area (TPSA) is 52.6 Å². The molecule has 0 aromatic heterocycles. The molecule has 2 aromatic carbocycles. The molecule has 4 nitrogen and oxygen atoms in total. The highest BCUT2D eigenvalue weighted by molar-refractivity contribution is 5.73. The molecule has 0 aliphatic heterocycles. The molecule has 2 aromatic rings. The van der Waals surface area contributed by atoms with E-state index in [1.54, 1.807) is 0 Å². The van der Waals surface area contributed by atoms with E-state index in [2.05, 4.69) is 0 Å². The van der Waals surface area contributed by atoms with Gasteiger partial charge >= 0.3 is 11.9 Å². The summed E-state index contributed by atoms with van der Waals surface area (Å²) in [4.78, 5) is 23.8. The number of carbonyl (C=O) groups excluding carboxylic acids is 2. The third-order valence-electron chi connectivity index (χ3n) is 4.65. The number of unbranched alkanes of at least 4 members (excludes halogenated alkanes) is 5. The molecular formula is C24H30O4. The summed E-state index contributed by atoms with van der Waals surface area (Å²) in [6, 6.07) is 15.1. The predicted octanol–water partition coefficient (Wildman–Crippen LogP) is 5.94. The molecule has 0 fully saturated rings. The fraction of sp³-hybridized carbons (Fsp3) is 0.417. The van der Waals surface area contributed by atoms with Crippen molar-refractivity contribution in [3.8, 4) is 11.5 Å². The van der Waals surface area contributed by atoms with Crippen molar-refractivity contribution in [2.75, 3.05) is 0 Å². The van der Waals surface area contributed by atoms with E-state index in [4.69, 9.17) is 9.47 Å². The van der Waals surface area contributed by atoms with Crippen molar-refractivity contribution >= 4 is 11.9 Å². The molecule has 150 valence electrons. The van der Waals surface area contributed by atoms with Crippen molar-refractivity contribution in [1.29, 1.82) is 0 Å². The van der Waals surface area contributed by atoms with Gasteiger partial charge < -0.3 is 9.47 Å². The molecule has 0 heterocycles. The molecule has 0 atom stereocenters. The van der Waals surface area contributed by atoms with Gasteiger partial charge in [-0.2, -0.15) is 0 Å². The van der Waals surface area contributed by atoms with Crippen LogP contribution >= 0.6 is 0 Å². The zero-order valence-electron chi connectivity index (χ0n) is 16.9. The van der Waals surface area contributed by atoms with Gasteiger partial charge in [0.25, 0.3) is 0 Å². The minimum Gasteiger partial charge on any atom is -0.426 e. The Morgan fingerprint density at radius 3 is 1.36 bits per heavy atom. The van der Waals surface area contributed by atoms with Gasteiger partial charge in [0.1, 0.15) is 11.5 Å². The molecule has 0 bridgehead atoms. The van der Waals surface area contributed by atoms with Gasteiger partial charge in [-0.1, -0.05) is 62.1 Å². The second kappa shape index (κ2) is 12.0. The lowest BCUT2D eigenvalue weighted by Crippen LogP contribution is -2.08. The van der Waals surface area contributed by atoms with Crippen molar-refractivity contribution in [2.24, 2.45) is 0 Å². The maximum absolute atomic E-state index is 11.9. The normalized spacial score (nSPS) is 10.5. The van der Waals surface area contributed by atoms with E-state index >= 15 is 0 Å². The van der Waals surface area contributed by atoms with Gasteiger partial charge in [-0.3, -0.25) is 9.59 Å². The fourth-order valence-corrected chi connectivity index (χ4v) is 2.94. The highest BCUT2D eigenvalue weighted by Crippen LogP contribution is 2.19. The molecule has 0 saturated carbocycles. The maximum atomic E-state index is 11.9. The Morgan fingerprint density at radius 2 is 0.964 bits per heavy atom. The molecule has 4 heteroatoms. The summed E-state index contributed by atoms with van der Waals surface area (Å²) in [6.07, 6.45) is 6.66. The van der Waals surface area contributed by atoms with Crippen LogP contribution in [0, 0.1) is 13.8 Å². The molecule has 2 rings (SSSR count). The Labute approximate surface area is 167 Å². The number of rotatable bonds is 11. The largest absolute Gasteiger partial charge is 0.426 e. The van der Waals surface area contributed by atoms with Gasteiger partial charge in [-0.15, -0.1) is 0 Å². The quantitative estimate of drug-likeness (QED) is 0.274. The summed E-state index contributed by atoms with van der Waals surface area (Å²) in [5, 5.41) is 0.